The number of fused-ring (bicyclic) bond motifs is 1. The number of nitrogens with one attached hydrogen (secondary N) is 1. The molecule has 128 valence electrons. The fourth-order valence-corrected chi connectivity index (χ4v) is 3.12. The molecule has 1 aromatic heterocycles. The molecule has 0 unspecified atom stereocenters. The van der Waals surface area contributed by atoms with E-state index in [-0.39, 0.29) is 11.5 Å². The number of benzene rings is 2. The van der Waals surface area contributed by atoms with E-state index in [1.165, 1.54) is 0 Å². The summed E-state index contributed by atoms with van der Waals surface area (Å²) in [5, 5.41) is 2.88. The summed E-state index contributed by atoms with van der Waals surface area (Å²) in [6.07, 6.45) is 2.01. The van der Waals surface area contributed by atoms with Gasteiger partial charge in [0, 0.05) is 22.7 Å². The van der Waals surface area contributed by atoms with Gasteiger partial charge < -0.3 is 9.88 Å². The summed E-state index contributed by atoms with van der Waals surface area (Å²) >= 11 is 1.65. The zero-order valence-corrected chi connectivity index (χ0v) is 15.2. The van der Waals surface area contributed by atoms with Gasteiger partial charge in [0.2, 0.25) is 0 Å². The molecule has 0 atom stereocenters. The molecule has 1 amide bonds. The fraction of sp³-hybridized carbons (Fsp3) is 0.211. The largest absolute Gasteiger partial charge is 0.322 e. The molecule has 0 fully saturated rings. The van der Waals surface area contributed by atoms with Crippen LogP contribution in [0.3, 0.4) is 0 Å². The van der Waals surface area contributed by atoms with E-state index in [0.717, 1.165) is 16.1 Å². The number of hydrogen-bond acceptors (Lipinski definition) is 4. The van der Waals surface area contributed by atoms with Gasteiger partial charge in [0.05, 0.1) is 11.0 Å². The van der Waals surface area contributed by atoms with Gasteiger partial charge in [-0.1, -0.05) is 0 Å². The minimum atomic E-state index is -0.201. The van der Waals surface area contributed by atoms with E-state index in [4.69, 9.17) is 0 Å². The minimum absolute atomic E-state index is 0.0962. The van der Waals surface area contributed by atoms with Gasteiger partial charge in [-0.3, -0.25) is 9.59 Å². The van der Waals surface area contributed by atoms with Crippen molar-refractivity contribution >= 4 is 34.4 Å². The first kappa shape index (κ1) is 17.2. The average molecular weight is 353 g/mol. The molecule has 0 radical (unpaired) electrons. The molecule has 1 heterocycles. The molecule has 3 aromatic rings. The van der Waals surface area contributed by atoms with Crippen LogP contribution in [0.1, 0.15) is 23.0 Å². The maximum Gasteiger partial charge on any atom is 0.272 e. The number of amides is 1. The van der Waals surface area contributed by atoms with Crippen LogP contribution in [0.5, 0.6) is 0 Å². The van der Waals surface area contributed by atoms with Gasteiger partial charge >= 0.3 is 0 Å². The molecule has 2 aromatic carbocycles. The minimum Gasteiger partial charge on any atom is -0.322 e. The first-order valence-corrected chi connectivity index (χ1v) is 9.22. The van der Waals surface area contributed by atoms with Gasteiger partial charge in [-0.05, 0) is 62.6 Å². The van der Waals surface area contributed by atoms with Crippen molar-refractivity contribution in [3.63, 3.8) is 0 Å². The normalized spacial score (nSPS) is 10.8. The van der Waals surface area contributed by atoms with Crippen molar-refractivity contribution in [3.05, 3.63) is 64.1 Å². The van der Waals surface area contributed by atoms with Crippen molar-refractivity contribution in [3.8, 4) is 0 Å². The van der Waals surface area contributed by atoms with Gasteiger partial charge in [-0.15, -0.1) is 11.8 Å². The second kappa shape index (κ2) is 7.11. The van der Waals surface area contributed by atoms with Gasteiger partial charge in [-0.2, -0.15) is 0 Å². The highest BCUT2D eigenvalue weighted by atomic mass is 32.2. The number of hydrogen-bond donors (Lipinski definition) is 1. The van der Waals surface area contributed by atoms with E-state index in [9.17, 15) is 9.59 Å². The third kappa shape index (κ3) is 3.44. The summed E-state index contributed by atoms with van der Waals surface area (Å²) in [5.41, 5.74) is 2.96. The predicted molar refractivity (Wildman–Crippen MR) is 103 cm³/mol. The van der Waals surface area contributed by atoms with Crippen molar-refractivity contribution in [2.75, 3.05) is 11.6 Å². The number of anilines is 1. The standard InChI is InChI=1S/C19H19N3O2S/c1-4-22-17-10-5-13(11-16(17)20-12(2)19(22)24)18(23)21-14-6-8-15(25-3)9-7-14/h5-11H,4H2,1-3H3,(H,21,23). The molecular formula is C19H19N3O2S. The molecule has 5 nitrogen and oxygen atoms in total. The zero-order chi connectivity index (χ0) is 18.0. The second-order valence-corrected chi connectivity index (χ2v) is 6.51. The Bertz CT molecular complexity index is 994. The fourth-order valence-electron chi connectivity index (χ4n) is 2.71. The number of carbonyl (C=O) groups is 1. The number of aryl methyl sites for hydroxylation is 2. The lowest BCUT2D eigenvalue weighted by Gasteiger charge is -2.10. The number of thioether (sulfide) groups is 1. The third-order valence-corrected chi connectivity index (χ3v) is 4.78. The summed E-state index contributed by atoms with van der Waals surface area (Å²) in [5.74, 6) is -0.201. The van der Waals surface area contributed by atoms with E-state index in [0.29, 0.717) is 23.3 Å². The lowest BCUT2D eigenvalue weighted by Crippen LogP contribution is -2.23. The zero-order valence-electron chi connectivity index (χ0n) is 14.4. The lowest BCUT2D eigenvalue weighted by atomic mass is 10.1. The van der Waals surface area contributed by atoms with Crippen LogP contribution in [-0.4, -0.2) is 21.7 Å². The van der Waals surface area contributed by atoms with Gasteiger partial charge in [0.15, 0.2) is 0 Å². The highest BCUT2D eigenvalue weighted by Gasteiger charge is 2.11. The van der Waals surface area contributed by atoms with Crippen LogP contribution >= 0.6 is 11.8 Å². The highest BCUT2D eigenvalue weighted by molar-refractivity contribution is 7.98. The molecule has 0 saturated heterocycles. The van der Waals surface area contributed by atoms with E-state index >= 15 is 0 Å². The second-order valence-electron chi connectivity index (χ2n) is 5.63. The smallest absolute Gasteiger partial charge is 0.272 e. The maximum atomic E-state index is 12.5. The number of aromatic nitrogens is 2. The molecule has 0 aliphatic heterocycles. The Morgan fingerprint density at radius 1 is 1.20 bits per heavy atom. The van der Waals surface area contributed by atoms with Crippen LogP contribution in [0.2, 0.25) is 0 Å². The maximum absolute atomic E-state index is 12.5. The Morgan fingerprint density at radius 3 is 2.56 bits per heavy atom. The van der Waals surface area contributed by atoms with Gasteiger partial charge in [0.25, 0.3) is 11.5 Å². The topological polar surface area (TPSA) is 64.0 Å². The Labute approximate surface area is 150 Å². The number of carbonyl (C=O) groups excluding carboxylic acids is 1. The van der Waals surface area contributed by atoms with Crippen molar-refractivity contribution in [1.29, 1.82) is 0 Å². The van der Waals surface area contributed by atoms with Crippen molar-refractivity contribution < 1.29 is 4.79 Å². The van der Waals surface area contributed by atoms with Crippen LogP contribution in [-0.2, 0) is 6.54 Å². The highest BCUT2D eigenvalue weighted by Crippen LogP contribution is 2.19. The number of rotatable bonds is 4. The molecule has 0 saturated carbocycles. The average Bonchev–Trinajstić information content (AvgIpc) is 2.63. The Balaban J connectivity index is 1.94. The van der Waals surface area contributed by atoms with Crippen molar-refractivity contribution in [2.24, 2.45) is 0 Å². The van der Waals surface area contributed by atoms with Crippen molar-refractivity contribution in [2.45, 2.75) is 25.3 Å². The molecule has 25 heavy (non-hydrogen) atoms. The summed E-state index contributed by atoms with van der Waals surface area (Å²) in [4.78, 5) is 30.1. The molecule has 0 aliphatic carbocycles. The van der Waals surface area contributed by atoms with Crippen LogP contribution in [0.15, 0.2) is 52.2 Å². The van der Waals surface area contributed by atoms with Crippen LogP contribution < -0.4 is 10.9 Å². The van der Waals surface area contributed by atoms with E-state index in [2.05, 4.69) is 10.3 Å². The summed E-state index contributed by atoms with van der Waals surface area (Å²) < 4.78 is 1.67. The predicted octanol–water partition coefficient (Wildman–Crippen LogP) is 3.70. The molecule has 6 heteroatoms. The van der Waals surface area contributed by atoms with E-state index in [1.54, 1.807) is 41.5 Å². The quantitative estimate of drug-likeness (QED) is 0.727. The van der Waals surface area contributed by atoms with Crippen LogP contribution in [0, 0.1) is 6.92 Å². The Morgan fingerprint density at radius 2 is 1.92 bits per heavy atom. The Hall–Kier alpha value is -2.60. The monoisotopic (exact) mass is 353 g/mol. The summed E-state index contributed by atoms with van der Waals surface area (Å²) in [7, 11) is 0. The van der Waals surface area contributed by atoms with Crippen molar-refractivity contribution in [1.82, 2.24) is 9.55 Å². The molecular weight excluding hydrogens is 334 g/mol. The summed E-state index contributed by atoms with van der Waals surface area (Å²) in [6.45, 7) is 4.17. The molecule has 0 bridgehead atoms. The first-order valence-electron chi connectivity index (χ1n) is 8.00. The van der Waals surface area contributed by atoms with Gasteiger partial charge in [-0.25, -0.2) is 4.98 Å². The Kier molecular flexibility index (Phi) is 4.90. The first-order chi connectivity index (χ1) is 12.0. The number of nitrogens with zero attached hydrogens (tertiary/aromatic N) is 2. The molecule has 0 aliphatic rings. The summed E-state index contributed by atoms with van der Waals surface area (Å²) in [6, 6.07) is 12.9. The van der Waals surface area contributed by atoms with Crippen LogP contribution in [0.25, 0.3) is 11.0 Å². The molecule has 3 rings (SSSR count). The molecule has 0 spiro atoms. The third-order valence-electron chi connectivity index (χ3n) is 4.04. The van der Waals surface area contributed by atoms with Crippen LogP contribution in [0.4, 0.5) is 5.69 Å². The van der Waals surface area contributed by atoms with E-state index < -0.39 is 0 Å². The lowest BCUT2D eigenvalue weighted by molar-refractivity contribution is 0.102. The van der Waals surface area contributed by atoms with Gasteiger partial charge in [0.1, 0.15) is 5.69 Å². The SMILES string of the molecule is CCn1c(=O)c(C)nc2cc(C(=O)Nc3ccc(SC)cc3)ccc21. The molecule has 1 N–H and O–H groups in total. The van der Waals surface area contributed by atoms with E-state index in [1.807, 2.05) is 37.4 Å².